The Morgan fingerprint density at radius 1 is 0.972 bits per heavy atom. The van der Waals surface area contributed by atoms with Crippen molar-refractivity contribution in [2.75, 3.05) is 59.1 Å². The van der Waals surface area contributed by atoms with Crippen LogP contribution in [0.2, 0.25) is 0 Å². The van der Waals surface area contributed by atoms with E-state index in [1.54, 1.807) is 11.8 Å². The number of carbonyl (C=O) groups is 1. The van der Waals surface area contributed by atoms with Crippen LogP contribution < -0.4 is 11.5 Å². The second-order valence-corrected chi connectivity index (χ2v) is 10.1. The molecule has 194 valence electrons. The van der Waals surface area contributed by atoms with E-state index in [9.17, 15) is 4.79 Å². The van der Waals surface area contributed by atoms with E-state index in [0.717, 1.165) is 57.1 Å². The van der Waals surface area contributed by atoms with E-state index in [1.807, 2.05) is 6.07 Å². The molecule has 1 unspecified atom stereocenters. The maximum atomic E-state index is 11.9. The molecule has 1 atom stereocenters. The molecule has 2 aromatic carbocycles. The van der Waals surface area contributed by atoms with Crippen LogP contribution in [0.25, 0.3) is 0 Å². The number of nitrogens with two attached hydrogens (primary N) is 2. The predicted octanol–water partition coefficient (Wildman–Crippen LogP) is 2.86. The van der Waals surface area contributed by atoms with Crippen molar-refractivity contribution in [1.82, 2.24) is 9.80 Å². The minimum absolute atomic E-state index is 0.232. The molecule has 36 heavy (non-hydrogen) atoms. The highest BCUT2D eigenvalue weighted by Gasteiger charge is 2.25. The van der Waals surface area contributed by atoms with E-state index in [0.29, 0.717) is 26.2 Å². The number of hydrogen-bond acceptors (Lipinski definition) is 9. The quantitative estimate of drug-likeness (QED) is 0.350. The lowest BCUT2D eigenvalue weighted by Crippen LogP contribution is -2.49. The molecule has 2 aliphatic rings. The molecule has 0 amide bonds. The van der Waals surface area contributed by atoms with Gasteiger partial charge in [-0.05, 0) is 37.6 Å². The number of amidine groups is 1. The predicted molar refractivity (Wildman–Crippen MR) is 144 cm³/mol. The van der Waals surface area contributed by atoms with E-state index < -0.39 is 6.04 Å². The summed E-state index contributed by atoms with van der Waals surface area (Å²) in [5.41, 5.74) is 13.5. The average molecular weight is 512 g/mol. The smallest absolute Gasteiger partial charge is 0.322 e. The third kappa shape index (κ3) is 7.30. The molecule has 4 rings (SSSR count). The number of fused-ring (bicyclic) bond motifs is 2. The third-order valence-electron chi connectivity index (χ3n) is 6.41. The molecule has 9 heteroatoms. The number of benzene rings is 2. The third-order valence-corrected chi connectivity index (χ3v) is 7.55. The number of aliphatic imine (C=N–C) groups is 1. The summed E-state index contributed by atoms with van der Waals surface area (Å²) in [6, 6.07) is 16.3. The minimum atomic E-state index is -0.579. The van der Waals surface area contributed by atoms with Crippen molar-refractivity contribution in [3.63, 3.8) is 0 Å². The number of carbonyl (C=O) groups excluding carboxylic acids is 1. The SMILES string of the molecule is NCCCCC(N)C(=O)OCCOCCN1CCN(C2=Nc3ccccc3Sc3ccccc32)CC1. The van der Waals surface area contributed by atoms with Gasteiger partial charge < -0.3 is 25.8 Å². The van der Waals surface area contributed by atoms with Crippen LogP contribution in [0, 0.1) is 0 Å². The summed E-state index contributed by atoms with van der Waals surface area (Å²) in [6.07, 6.45) is 2.31. The summed E-state index contributed by atoms with van der Waals surface area (Å²) in [7, 11) is 0. The molecule has 1 fully saturated rings. The first-order valence-electron chi connectivity index (χ1n) is 12.8. The zero-order chi connectivity index (χ0) is 25.2. The number of nitrogens with zero attached hydrogens (tertiary/aromatic N) is 3. The lowest BCUT2D eigenvalue weighted by atomic mass is 10.1. The Balaban J connectivity index is 1.19. The number of hydrogen-bond donors (Lipinski definition) is 2. The van der Waals surface area contributed by atoms with Gasteiger partial charge in [-0.25, -0.2) is 4.99 Å². The van der Waals surface area contributed by atoms with Gasteiger partial charge in [0.05, 0.1) is 18.9 Å². The van der Waals surface area contributed by atoms with Crippen molar-refractivity contribution in [1.29, 1.82) is 0 Å². The van der Waals surface area contributed by atoms with Gasteiger partial charge in [0, 0.05) is 48.1 Å². The fourth-order valence-corrected chi connectivity index (χ4v) is 5.34. The monoisotopic (exact) mass is 511 g/mol. The van der Waals surface area contributed by atoms with Crippen molar-refractivity contribution < 1.29 is 14.3 Å². The van der Waals surface area contributed by atoms with Crippen molar-refractivity contribution in [2.24, 2.45) is 16.5 Å². The Kier molecular flexibility index (Phi) is 10.2. The second-order valence-electron chi connectivity index (χ2n) is 9.00. The van der Waals surface area contributed by atoms with Crippen LogP contribution in [0.15, 0.2) is 63.3 Å². The number of para-hydroxylation sites is 1. The fourth-order valence-electron chi connectivity index (χ4n) is 4.32. The summed E-state index contributed by atoms with van der Waals surface area (Å²) in [5.74, 6) is 0.692. The zero-order valence-corrected chi connectivity index (χ0v) is 21.6. The van der Waals surface area contributed by atoms with Gasteiger partial charge in [-0.3, -0.25) is 9.69 Å². The van der Waals surface area contributed by atoms with Gasteiger partial charge in [-0.1, -0.05) is 48.5 Å². The number of esters is 1. The molecule has 2 aliphatic heterocycles. The zero-order valence-electron chi connectivity index (χ0n) is 20.8. The van der Waals surface area contributed by atoms with Crippen LogP contribution in [0.1, 0.15) is 24.8 Å². The van der Waals surface area contributed by atoms with Crippen molar-refractivity contribution in [3.05, 3.63) is 54.1 Å². The largest absolute Gasteiger partial charge is 0.462 e. The highest BCUT2D eigenvalue weighted by molar-refractivity contribution is 7.99. The number of rotatable bonds is 11. The molecule has 0 saturated carbocycles. The van der Waals surface area contributed by atoms with Gasteiger partial charge >= 0.3 is 5.97 Å². The molecule has 0 spiro atoms. The van der Waals surface area contributed by atoms with E-state index in [1.165, 1.54) is 15.4 Å². The van der Waals surface area contributed by atoms with Crippen LogP contribution in [0.4, 0.5) is 5.69 Å². The van der Waals surface area contributed by atoms with E-state index >= 15 is 0 Å². The molecule has 2 heterocycles. The molecule has 2 aromatic rings. The van der Waals surface area contributed by atoms with Gasteiger partial charge in [-0.2, -0.15) is 0 Å². The fraction of sp³-hybridized carbons (Fsp3) is 0.481. The van der Waals surface area contributed by atoms with Gasteiger partial charge in [-0.15, -0.1) is 0 Å². The lowest BCUT2D eigenvalue weighted by Gasteiger charge is -2.36. The Hall–Kier alpha value is -2.43. The molecule has 0 aromatic heterocycles. The summed E-state index contributed by atoms with van der Waals surface area (Å²) in [4.78, 5) is 24.2. The number of ether oxygens (including phenoxy) is 2. The number of piperazine rings is 1. The Morgan fingerprint density at radius 2 is 1.72 bits per heavy atom. The van der Waals surface area contributed by atoms with Crippen molar-refractivity contribution >= 4 is 29.3 Å². The average Bonchev–Trinajstić information content (AvgIpc) is 3.08. The standard InChI is InChI=1S/C27H37N5O3S/c28-12-6-5-8-22(29)27(33)35-20-19-34-18-17-31-13-15-32(16-14-31)26-21-7-1-3-10-24(21)36-25-11-4-2-9-23(25)30-26/h1-4,7,9-11,22H,5-6,8,12-20,28-29H2. The first-order valence-corrected chi connectivity index (χ1v) is 13.6. The summed E-state index contributed by atoms with van der Waals surface area (Å²) in [6.45, 7) is 6.41. The van der Waals surface area contributed by atoms with Crippen LogP contribution in [0.3, 0.4) is 0 Å². The normalized spacial score (nSPS) is 16.5. The molecule has 8 nitrogen and oxygen atoms in total. The molecule has 0 aliphatic carbocycles. The summed E-state index contributed by atoms with van der Waals surface area (Å²) in [5, 5.41) is 0. The Morgan fingerprint density at radius 3 is 2.53 bits per heavy atom. The first-order chi connectivity index (χ1) is 17.7. The first kappa shape index (κ1) is 26.6. The van der Waals surface area contributed by atoms with Gasteiger partial charge in [0.15, 0.2) is 0 Å². The van der Waals surface area contributed by atoms with Gasteiger partial charge in [0.1, 0.15) is 18.5 Å². The molecule has 4 N–H and O–H groups in total. The molecule has 0 bridgehead atoms. The Bertz CT molecular complexity index is 1030. The van der Waals surface area contributed by atoms with Crippen molar-refractivity contribution in [3.8, 4) is 0 Å². The maximum Gasteiger partial charge on any atom is 0.322 e. The Labute approximate surface area is 218 Å². The summed E-state index contributed by atoms with van der Waals surface area (Å²) >= 11 is 1.79. The molecular formula is C27H37N5O3S. The molecular weight excluding hydrogens is 474 g/mol. The second kappa shape index (κ2) is 13.8. The maximum absolute atomic E-state index is 11.9. The van der Waals surface area contributed by atoms with Crippen LogP contribution >= 0.6 is 11.8 Å². The van der Waals surface area contributed by atoms with Crippen LogP contribution in [-0.2, 0) is 14.3 Å². The van der Waals surface area contributed by atoms with Gasteiger partial charge in [0.25, 0.3) is 0 Å². The summed E-state index contributed by atoms with van der Waals surface area (Å²) < 4.78 is 10.9. The van der Waals surface area contributed by atoms with E-state index in [-0.39, 0.29) is 12.6 Å². The molecule has 1 saturated heterocycles. The van der Waals surface area contributed by atoms with Crippen LogP contribution in [0.5, 0.6) is 0 Å². The minimum Gasteiger partial charge on any atom is -0.462 e. The highest BCUT2D eigenvalue weighted by Crippen LogP contribution is 2.40. The van der Waals surface area contributed by atoms with E-state index in [2.05, 4.69) is 52.3 Å². The van der Waals surface area contributed by atoms with Crippen LogP contribution in [-0.4, -0.2) is 86.7 Å². The highest BCUT2D eigenvalue weighted by atomic mass is 32.2. The van der Waals surface area contributed by atoms with Gasteiger partial charge in [0.2, 0.25) is 0 Å². The number of unbranched alkanes of at least 4 members (excludes halogenated alkanes) is 1. The lowest BCUT2D eigenvalue weighted by molar-refractivity contribution is -0.147. The van der Waals surface area contributed by atoms with Crippen molar-refractivity contribution in [2.45, 2.75) is 35.1 Å². The topological polar surface area (TPSA) is 106 Å². The molecule has 0 radical (unpaired) electrons. The van der Waals surface area contributed by atoms with E-state index in [4.69, 9.17) is 25.9 Å².